The Morgan fingerprint density at radius 2 is 1.85 bits per heavy atom. The predicted molar refractivity (Wildman–Crippen MR) is 102 cm³/mol. The minimum atomic E-state index is -0.499. The van der Waals surface area contributed by atoms with Crippen molar-refractivity contribution >= 4 is 11.8 Å². The summed E-state index contributed by atoms with van der Waals surface area (Å²) < 4.78 is 0. The maximum atomic E-state index is 12.7. The fourth-order valence-electron chi connectivity index (χ4n) is 3.59. The molecule has 3 rings (SSSR count). The molecule has 5 heteroatoms. The van der Waals surface area contributed by atoms with Crippen molar-refractivity contribution < 1.29 is 9.59 Å². The molecule has 0 saturated heterocycles. The first-order valence-corrected chi connectivity index (χ1v) is 9.76. The van der Waals surface area contributed by atoms with Crippen LogP contribution in [0, 0.1) is 5.41 Å². The van der Waals surface area contributed by atoms with E-state index in [0.717, 1.165) is 43.4 Å². The Kier molecular flexibility index (Phi) is 4.62. The standard InChI is InChI=1S/C21H31N3O2/c1-6-20(8-9-20)17(25)24-19(4,5)15-7-12-22-16(13-15)21(10-11-21)18(26)23-14(2)3/h7,12-14H,6,8-11H2,1-5H3,(H,23,26)(H,24,25). The van der Waals surface area contributed by atoms with Gasteiger partial charge in [-0.05, 0) is 77.5 Å². The highest BCUT2D eigenvalue weighted by atomic mass is 16.2. The summed E-state index contributed by atoms with van der Waals surface area (Å²) in [6.45, 7) is 10.1. The molecule has 2 aliphatic rings. The predicted octanol–water partition coefficient (Wildman–Crippen LogP) is 3.18. The number of rotatable bonds is 7. The second-order valence-electron chi connectivity index (χ2n) is 8.85. The molecule has 0 aliphatic heterocycles. The number of carbonyl (C=O) groups is 2. The summed E-state index contributed by atoms with van der Waals surface area (Å²) in [5.74, 6) is 0.198. The monoisotopic (exact) mass is 357 g/mol. The lowest BCUT2D eigenvalue weighted by molar-refractivity contribution is -0.128. The van der Waals surface area contributed by atoms with Gasteiger partial charge in [-0.15, -0.1) is 0 Å². The normalized spacial score (nSPS) is 19.8. The molecular weight excluding hydrogens is 326 g/mol. The second-order valence-corrected chi connectivity index (χ2v) is 8.85. The lowest BCUT2D eigenvalue weighted by atomic mass is 9.89. The van der Waals surface area contributed by atoms with Crippen LogP contribution < -0.4 is 10.6 Å². The number of hydrogen-bond donors (Lipinski definition) is 2. The van der Waals surface area contributed by atoms with E-state index in [2.05, 4.69) is 22.5 Å². The summed E-state index contributed by atoms with van der Waals surface area (Å²) in [5, 5.41) is 6.24. The van der Waals surface area contributed by atoms with E-state index in [9.17, 15) is 9.59 Å². The summed E-state index contributed by atoms with van der Waals surface area (Å²) in [5.41, 5.74) is 0.645. The van der Waals surface area contributed by atoms with Crippen LogP contribution in [0.1, 0.15) is 78.0 Å². The number of amides is 2. The van der Waals surface area contributed by atoms with Gasteiger partial charge in [0.2, 0.25) is 11.8 Å². The maximum absolute atomic E-state index is 12.7. The third kappa shape index (κ3) is 3.36. The van der Waals surface area contributed by atoms with Gasteiger partial charge in [-0.2, -0.15) is 0 Å². The molecule has 1 heterocycles. The number of nitrogens with zero attached hydrogens (tertiary/aromatic N) is 1. The third-order valence-electron chi connectivity index (χ3n) is 6.01. The molecule has 2 aliphatic carbocycles. The minimum Gasteiger partial charge on any atom is -0.353 e. The molecule has 0 radical (unpaired) electrons. The summed E-state index contributed by atoms with van der Waals surface area (Å²) in [6.07, 6.45) is 6.25. The molecule has 142 valence electrons. The van der Waals surface area contributed by atoms with Gasteiger partial charge in [0.1, 0.15) is 0 Å². The lowest BCUT2D eigenvalue weighted by Crippen LogP contribution is -2.45. The van der Waals surface area contributed by atoms with Gasteiger partial charge in [-0.1, -0.05) is 6.92 Å². The molecule has 1 aromatic rings. The van der Waals surface area contributed by atoms with Gasteiger partial charge in [-0.25, -0.2) is 0 Å². The molecule has 1 aromatic heterocycles. The Morgan fingerprint density at radius 1 is 1.19 bits per heavy atom. The van der Waals surface area contributed by atoms with Crippen LogP contribution in [-0.2, 0) is 20.5 Å². The molecule has 0 atom stereocenters. The van der Waals surface area contributed by atoms with E-state index < -0.39 is 11.0 Å². The van der Waals surface area contributed by atoms with Gasteiger partial charge < -0.3 is 10.6 Å². The number of carbonyl (C=O) groups excluding carboxylic acids is 2. The van der Waals surface area contributed by atoms with Crippen molar-refractivity contribution in [2.75, 3.05) is 0 Å². The zero-order chi connectivity index (χ0) is 19.2. The van der Waals surface area contributed by atoms with Gasteiger partial charge in [0.25, 0.3) is 0 Å². The fraction of sp³-hybridized carbons (Fsp3) is 0.667. The van der Waals surface area contributed by atoms with E-state index in [1.165, 1.54) is 0 Å². The first-order valence-electron chi connectivity index (χ1n) is 9.76. The van der Waals surface area contributed by atoms with Gasteiger partial charge in [0.15, 0.2) is 0 Å². The highest BCUT2D eigenvalue weighted by Crippen LogP contribution is 2.50. The van der Waals surface area contributed by atoms with Crippen LogP contribution in [0.3, 0.4) is 0 Å². The number of nitrogens with one attached hydrogen (secondary N) is 2. The van der Waals surface area contributed by atoms with Crippen molar-refractivity contribution in [1.82, 2.24) is 15.6 Å². The van der Waals surface area contributed by atoms with Crippen molar-refractivity contribution in [2.24, 2.45) is 5.41 Å². The van der Waals surface area contributed by atoms with Crippen LogP contribution in [0.2, 0.25) is 0 Å². The molecule has 0 unspecified atom stereocenters. The third-order valence-corrected chi connectivity index (χ3v) is 6.01. The van der Waals surface area contributed by atoms with E-state index in [-0.39, 0.29) is 23.3 Å². The summed E-state index contributed by atoms with van der Waals surface area (Å²) in [7, 11) is 0. The Morgan fingerprint density at radius 3 is 2.35 bits per heavy atom. The zero-order valence-electron chi connectivity index (χ0n) is 16.6. The molecule has 0 bridgehead atoms. The van der Waals surface area contributed by atoms with Gasteiger partial charge in [0.05, 0.1) is 16.6 Å². The van der Waals surface area contributed by atoms with Gasteiger partial charge in [0, 0.05) is 17.7 Å². The van der Waals surface area contributed by atoms with Gasteiger partial charge >= 0.3 is 0 Å². The molecule has 2 saturated carbocycles. The number of hydrogen-bond acceptors (Lipinski definition) is 3. The Balaban J connectivity index is 1.80. The van der Waals surface area contributed by atoms with E-state index in [4.69, 9.17) is 0 Å². The number of aromatic nitrogens is 1. The summed E-state index contributed by atoms with van der Waals surface area (Å²) in [4.78, 5) is 29.8. The topological polar surface area (TPSA) is 71.1 Å². The molecule has 0 spiro atoms. The second kappa shape index (κ2) is 6.36. The first-order chi connectivity index (χ1) is 12.2. The van der Waals surface area contributed by atoms with Crippen molar-refractivity contribution in [1.29, 1.82) is 0 Å². The van der Waals surface area contributed by atoms with E-state index in [1.54, 1.807) is 6.20 Å². The largest absolute Gasteiger partial charge is 0.353 e. The smallest absolute Gasteiger partial charge is 0.232 e. The van der Waals surface area contributed by atoms with Crippen LogP contribution in [0.5, 0.6) is 0 Å². The number of pyridine rings is 1. The quantitative estimate of drug-likeness (QED) is 0.787. The highest BCUT2D eigenvalue weighted by Gasteiger charge is 2.53. The molecular formula is C21H31N3O2. The van der Waals surface area contributed by atoms with E-state index in [0.29, 0.717) is 0 Å². The molecule has 2 N–H and O–H groups in total. The zero-order valence-corrected chi connectivity index (χ0v) is 16.6. The van der Waals surface area contributed by atoms with Crippen molar-refractivity contribution in [3.63, 3.8) is 0 Å². The molecule has 2 amide bonds. The van der Waals surface area contributed by atoms with Crippen molar-refractivity contribution in [3.8, 4) is 0 Å². The van der Waals surface area contributed by atoms with Crippen LogP contribution in [-0.4, -0.2) is 22.8 Å². The summed E-state index contributed by atoms with van der Waals surface area (Å²) >= 11 is 0. The van der Waals surface area contributed by atoms with Crippen LogP contribution in [0.25, 0.3) is 0 Å². The molecule has 2 fully saturated rings. The van der Waals surface area contributed by atoms with Crippen LogP contribution in [0.4, 0.5) is 0 Å². The molecule has 0 aromatic carbocycles. The van der Waals surface area contributed by atoms with Crippen molar-refractivity contribution in [2.45, 2.75) is 83.7 Å². The minimum absolute atomic E-state index is 0.0573. The Labute approximate surface area is 156 Å². The van der Waals surface area contributed by atoms with E-state index >= 15 is 0 Å². The maximum Gasteiger partial charge on any atom is 0.232 e. The van der Waals surface area contributed by atoms with Crippen molar-refractivity contribution in [3.05, 3.63) is 29.6 Å². The van der Waals surface area contributed by atoms with Crippen LogP contribution in [0.15, 0.2) is 18.3 Å². The summed E-state index contributed by atoms with van der Waals surface area (Å²) in [6, 6.07) is 4.05. The first kappa shape index (κ1) is 18.9. The average Bonchev–Trinajstić information content (AvgIpc) is 3.47. The average molecular weight is 357 g/mol. The Bertz CT molecular complexity index is 716. The van der Waals surface area contributed by atoms with Crippen LogP contribution >= 0.6 is 0 Å². The van der Waals surface area contributed by atoms with E-state index in [1.807, 2.05) is 39.8 Å². The molecule has 26 heavy (non-hydrogen) atoms. The van der Waals surface area contributed by atoms with Gasteiger partial charge in [-0.3, -0.25) is 14.6 Å². The fourth-order valence-corrected chi connectivity index (χ4v) is 3.59. The highest BCUT2D eigenvalue weighted by molar-refractivity contribution is 5.91. The Hall–Kier alpha value is -1.91. The lowest BCUT2D eigenvalue weighted by Gasteiger charge is -2.30. The molecule has 5 nitrogen and oxygen atoms in total. The SMILES string of the molecule is CCC1(C(=O)NC(C)(C)c2ccnc(C3(C(=O)NC(C)C)CC3)c2)CC1.